The molecule has 1 unspecified atom stereocenters. The summed E-state index contributed by atoms with van der Waals surface area (Å²) in [6, 6.07) is 15.3. The molecule has 0 aliphatic heterocycles. The fraction of sp³-hybridized carbons (Fsp3) is 0.188. The molecule has 1 atom stereocenters. The fourth-order valence-electron chi connectivity index (χ4n) is 2.04. The number of anilines is 1. The molecule has 0 aliphatic rings. The monoisotopic (exact) mass is 284 g/mol. The minimum atomic E-state index is -0.780. The maximum Gasteiger partial charge on any atom is 0.227 e. The number of benzene rings is 2. The van der Waals surface area contributed by atoms with Gasteiger partial charge in [-0.3, -0.25) is 0 Å². The summed E-state index contributed by atoms with van der Waals surface area (Å²) < 4.78 is 5.73. The summed E-state index contributed by atoms with van der Waals surface area (Å²) >= 11 is 0. The molecule has 0 amide bonds. The fourth-order valence-corrected chi connectivity index (χ4v) is 2.04. The van der Waals surface area contributed by atoms with Crippen LogP contribution in [0.4, 0.5) is 5.69 Å². The van der Waals surface area contributed by atoms with Crippen molar-refractivity contribution in [3.8, 4) is 11.5 Å². The van der Waals surface area contributed by atoms with Gasteiger partial charge in [0.05, 0.1) is 12.7 Å². The molecule has 0 radical (unpaired) electrons. The summed E-state index contributed by atoms with van der Waals surface area (Å²) in [5.41, 5.74) is 3.21. The molecule has 5 nitrogen and oxygen atoms in total. The Morgan fingerprint density at radius 2 is 1.95 bits per heavy atom. The van der Waals surface area contributed by atoms with Crippen LogP contribution in [0.2, 0.25) is 0 Å². The van der Waals surface area contributed by atoms with E-state index in [1.165, 1.54) is 0 Å². The minimum Gasteiger partial charge on any atom is -0.436 e. The Morgan fingerprint density at radius 1 is 1.14 bits per heavy atom. The smallest absolute Gasteiger partial charge is 0.227 e. The lowest BCUT2D eigenvalue weighted by atomic mass is 10.2. The molecule has 21 heavy (non-hydrogen) atoms. The van der Waals surface area contributed by atoms with E-state index in [9.17, 15) is 5.11 Å². The number of nitrogens with zero attached hydrogens (tertiary/aromatic N) is 1. The van der Waals surface area contributed by atoms with Gasteiger partial charge in [-0.25, -0.2) is 4.98 Å². The van der Waals surface area contributed by atoms with Crippen LogP contribution in [0, 0.1) is 0 Å². The highest BCUT2D eigenvalue weighted by Gasteiger charge is 2.09. The van der Waals surface area contributed by atoms with Gasteiger partial charge in [0.1, 0.15) is 5.52 Å². The van der Waals surface area contributed by atoms with Crippen molar-refractivity contribution in [2.24, 2.45) is 0 Å². The first-order valence-electron chi connectivity index (χ1n) is 6.75. The SMILES string of the molecule is OCC(O)CNc1ccc2oc(-c3ccccc3)nc2c1. The molecule has 0 bridgehead atoms. The normalized spacial score (nSPS) is 12.5. The van der Waals surface area contributed by atoms with E-state index in [1.54, 1.807) is 0 Å². The summed E-state index contributed by atoms with van der Waals surface area (Å²) in [7, 11) is 0. The summed E-state index contributed by atoms with van der Waals surface area (Å²) in [5, 5.41) is 21.2. The zero-order chi connectivity index (χ0) is 14.7. The van der Waals surface area contributed by atoms with Crippen molar-refractivity contribution >= 4 is 16.8 Å². The van der Waals surface area contributed by atoms with Crippen LogP contribution in [0.15, 0.2) is 52.9 Å². The summed E-state index contributed by atoms with van der Waals surface area (Å²) in [5.74, 6) is 0.582. The van der Waals surface area contributed by atoms with Crippen LogP contribution < -0.4 is 5.32 Å². The number of oxazole rings is 1. The Kier molecular flexibility index (Phi) is 3.85. The van der Waals surface area contributed by atoms with Crippen molar-refractivity contribution < 1.29 is 14.6 Å². The van der Waals surface area contributed by atoms with Crippen molar-refractivity contribution in [2.45, 2.75) is 6.10 Å². The van der Waals surface area contributed by atoms with Gasteiger partial charge >= 0.3 is 0 Å². The molecule has 0 fully saturated rings. The van der Waals surface area contributed by atoms with E-state index in [2.05, 4.69) is 10.3 Å². The lowest BCUT2D eigenvalue weighted by Crippen LogP contribution is -2.22. The quantitative estimate of drug-likeness (QED) is 0.670. The number of aliphatic hydroxyl groups excluding tert-OH is 2. The van der Waals surface area contributed by atoms with Gasteiger partial charge in [-0.05, 0) is 30.3 Å². The number of aliphatic hydroxyl groups is 2. The Hall–Kier alpha value is -2.37. The van der Waals surface area contributed by atoms with Crippen molar-refractivity contribution in [3.63, 3.8) is 0 Å². The molecule has 2 aromatic carbocycles. The molecule has 1 heterocycles. The largest absolute Gasteiger partial charge is 0.436 e. The second-order valence-corrected chi connectivity index (χ2v) is 4.78. The maximum absolute atomic E-state index is 9.34. The highest BCUT2D eigenvalue weighted by atomic mass is 16.3. The van der Waals surface area contributed by atoms with Crippen LogP contribution >= 0.6 is 0 Å². The maximum atomic E-state index is 9.34. The number of fused-ring (bicyclic) bond motifs is 1. The zero-order valence-corrected chi connectivity index (χ0v) is 11.4. The lowest BCUT2D eigenvalue weighted by Gasteiger charge is -2.09. The van der Waals surface area contributed by atoms with E-state index < -0.39 is 6.10 Å². The molecule has 108 valence electrons. The second-order valence-electron chi connectivity index (χ2n) is 4.78. The van der Waals surface area contributed by atoms with Gasteiger partial charge in [0.2, 0.25) is 5.89 Å². The van der Waals surface area contributed by atoms with E-state index in [4.69, 9.17) is 9.52 Å². The Morgan fingerprint density at radius 3 is 2.71 bits per heavy atom. The highest BCUT2D eigenvalue weighted by Crippen LogP contribution is 2.25. The summed E-state index contributed by atoms with van der Waals surface area (Å²) in [6.07, 6.45) is -0.780. The van der Waals surface area contributed by atoms with Gasteiger partial charge in [-0.1, -0.05) is 18.2 Å². The van der Waals surface area contributed by atoms with Gasteiger partial charge in [0.25, 0.3) is 0 Å². The number of aromatic nitrogens is 1. The van der Waals surface area contributed by atoms with Gasteiger partial charge in [0, 0.05) is 17.8 Å². The van der Waals surface area contributed by atoms with Gasteiger partial charge in [-0.2, -0.15) is 0 Å². The van der Waals surface area contributed by atoms with Crippen molar-refractivity contribution in [3.05, 3.63) is 48.5 Å². The molecular formula is C16H16N2O3. The molecule has 3 aromatic rings. The number of hydrogen-bond donors (Lipinski definition) is 3. The topological polar surface area (TPSA) is 78.5 Å². The van der Waals surface area contributed by atoms with Gasteiger partial charge in [0.15, 0.2) is 5.58 Å². The first kappa shape index (κ1) is 13.6. The molecule has 0 saturated carbocycles. The number of rotatable bonds is 5. The van der Waals surface area contributed by atoms with Gasteiger partial charge < -0.3 is 19.9 Å². The van der Waals surface area contributed by atoms with Crippen LogP contribution in [0.5, 0.6) is 0 Å². The lowest BCUT2D eigenvalue weighted by molar-refractivity contribution is 0.105. The molecule has 3 N–H and O–H groups in total. The number of hydrogen-bond acceptors (Lipinski definition) is 5. The first-order chi connectivity index (χ1) is 10.3. The Labute approximate surface area is 121 Å². The van der Waals surface area contributed by atoms with E-state index in [0.29, 0.717) is 11.5 Å². The van der Waals surface area contributed by atoms with E-state index in [-0.39, 0.29) is 13.2 Å². The van der Waals surface area contributed by atoms with E-state index in [1.807, 2.05) is 48.5 Å². The van der Waals surface area contributed by atoms with E-state index >= 15 is 0 Å². The predicted molar refractivity (Wildman–Crippen MR) is 81.0 cm³/mol. The van der Waals surface area contributed by atoms with Crippen LogP contribution in [-0.2, 0) is 0 Å². The third-order valence-electron chi connectivity index (χ3n) is 3.16. The van der Waals surface area contributed by atoms with Crippen molar-refractivity contribution in [1.29, 1.82) is 0 Å². The van der Waals surface area contributed by atoms with Crippen LogP contribution in [0.1, 0.15) is 0 Å². The minimum absolute atomic E-state index is 0.267. The van der Waals surface area contributed by atoms with Crippen LogP contribution in [-0.4, -0.2) is 34.5 Å². The van der Waals surface area contributed by atoms with Crippen LogP contribution in [0.25, 0.3) is 22.6 Å². The third kappa shape index (κ3) is 3.04. The summed E-state index contributed by atoms with van der Waals surface area (Å²) in [4.78, 5) is 4.47. The average Bonchev–Trinajstić information content (AvgIpc) is 2.96. The second kappa shape index (κ2) is 5.95. The molecule has 3 rings (SSSR count). The highest BCUT2D eigenvalue weighted by molar-refractivity contribution is 5.80. The zero-order valence-electron chi connectivity index (χ0n) is 11.4. The average molecular weight is 284 g/mol. The Bertz CT molecular complexity index is 725. The molecule has 0 aliphatic carbocycles. The van der Waals surface area contributed by atoms with E-state index in [0.717, 1.165) is 16.8 Å². The first-order valence-corrected chi connectivity index (χ1v) is 6.75. The van der Waals surface area contributed by atoms with Crippen molar-refractivity contribution in [1.82, 2.24) is 4.98 Å². The number of nitrogens with one attached hydrogen (secondary N) is 1. The summed E-state index contributed by atoms with van der Waals surface area (Å²) in [6.45, 7) is 0.0166. The predicted octanol–water partition coefficient (Wildman–Crippen LogP) is 2.26. The molecule has 1 aromatic heterocycles. The molecule has 5 heteroatoms. The van der Waals surface area contributed by atoms with Crippen LogP contribution in [0.3, 0.4) is 0 Å². The standard InChI is InChI=1S/C16H16N2O3/c19-10-13(20)9-17-12-6-7-15-14(8-12)18-16(21-15)11-4-2-1-3-5-11/h1-8,13,17,19-20H,9-10H2. The molecule has 0 spiro atoms. The van der Waals surface area contributed by atoms with Gasteiger partial charge in [-0.15, -0.1) is 0 Å². The Balaban J connectivity index is 1.85. The molecular weight excluding hydrogens is 268 g/mol. The van der Waals surface area contributed by atoms with Crippen molar-refractivity contribution in [2.75, 3.05) is 18.5 Å². The molecule has 0 saturated heterocycles. The third-order valence-corrected chi connectivity index (χ3v) is 3.16.